The van der Waals surface area contributed by atoms with Gasteiger partial charge in [-0.2, -0.15) is 0 Å². The average molecular weight is 324 g/mol. The number of hydrogen-bond acceptors (Lipinski definition) is 5. The number of methoxy groups -OCH3 is 1. The Labute approximate surface area is 138 Å². The normalized spacial score (nSPS) is 10.6. The SMILES string of the molecule is COc1ccc(C(=O)OCc2cc(=O)n3c(C)cccc3n2)cc1. The van der Waals surface area contributed by atoms with Crippen LogP contribution >= 0.6 is 0 Å². The minimum Gasteiger partial charge on any atom is -0.497 e. The molecule has 6 nitrogen and oxygen atoms in total. The lowest BCUT2D eigenvalue weighted by Gasteiger charge is -2.08. The van der Waals surface area contributed by atoms with E-state index in [0.717, 1.165) is 5.69 Å². The number of benzene rings is 1. The Balaban J connectivity index is 1.77. The molecular weight excluding hydrogens is 308 g/mol. The molecule has 0 saturated heterocycles. The third-order valence-corrected chi connectivity index (χ3v) is 3.61. The molecule has 0 fully saturated rings. The van der Waals surface area contributed by atoms with Gasteiger partial charge in [0.25, 0.3) is 5.56 Å². The Morgan fingerprint density at radius 2 is 1.92 bits per heavy atom. The molecule has 0 unspecified atom stereocenters. The zero-order valence-corrected chi connectivity index (χ0v) is 13.4. The Morgan fingerprint density at radius 3 is 2.62 bits per heavy atom. The van der Waals surface area contributed by atoms with E-state index in [2.05, 4.69) is 4.98 Å². The fourth-order valence-corrected chi connectivity index (χ4v) is 2.39. The first-order valence-electron chi connectivity index (χ1n) is 7.38. The monoisotopic (exact) mass is 324 g/mol. The Kier molecular flexibility index (Phi) is 4.29. The quantitative estimate of drug-likeness (QED) is 0.689. The van der Waals surface area contributed by atoms with E-state index in [9.17, 15) is 9.59 Å². The van der Waals surface area contributed by atoms with Crippen LogP contribution in [-0.2, 0) is 11.3 Å². The van der Waals surface area contributed by atoms with Gasteiger partial charge in [-0.1, -0.05) is 6.07 Å². The molecule has 0 bridgehead atoms. The summed E-state index contributed by atoms with van der Waals surface area (Å²) in [5, 5.41) is 0. The van der Waals surface area contributed by atoms with E-state index in [1.54, 1.807) is 37.4 Å². The highest BCUT2D eigenvalue weighted by Crippen LogP contribution is 2.12. The Bertz CT molecular complexity index is 945. The van der Waals surface area contributed by atoms with Crippen molar-refractivity contribution < 1.29 is 14.3 Å². The number of ether oxygens (including phenoxy) is 2. The highest BCUT2D eigenvalue weighted by atomic mass is 16.5. The first kappa shape index (κ1) is 15.7. The lowest BCUT2D eigenvalue weighted by atomic mass is 10.2. The molecule has 0 amide bonds. The average Bonchev–Trinajstić information content (AvgIpc) is 2.59. The van der Waals surface area contributed by atoms with E-state index < -0.39 is 5.97 Å². The highest BCUT2D eigenvalue weighted by Gasteiger charge is 2.10. The maximum Gasteiger partial charge on any atom is 0.338 e. The van der Waals surface area contributed by atoms with Crippen molar-refractivity contribution in [2.45, 2.75) is 13.5 Å². The molecule has 0 saturated carbocycles. The summed E-state index contributed by atoms with van der Waals surface area (Å²) in [5.74, 6) is 0.176. The van der Waals surface area contributed by atoms with E-state index in [4.69, 9.17) is 9.47 Å². The standard InChI is InChI=1S/C18H16N2O4/c1-12-4-3-5-16-19-14(10-17(21)20(12)16)11-24-18(22)13-6-8-15(23-2)9-7-13/h3-10H,11H2,1-2H3. The first-order chi connectivity index (χ1) is 11.6. The molecule has 6 heteroatoms. The molecule has 0 aliphatic heterocycles. The van der Waals surface area contributed by atoms with Crippen LogP contribution in [0.15, 0.2) is 53.3 Å². The van der Waals surface area contributed by atoms with Crippen molar-refractivity contribution >= 4 is 11.6 Å². The summed E-state index contributed by atoms with van der Waals surface area (Å²) in [5.41, 5.74) is 1.94. The summed E-state index contributed by atoms with van der Waals surface area (Å²) < 4.78 is 11.8. The van der Waals surface area contributed by atoms with Crippen molar-refractivity contribution in [2.24, 2.45) is 0 Å². The van der Waals surface area contributed by atoms with E-state index in [0.29, 0.717) is 22.7 Å². The number of carbonyl (C=O) groups is 1. The van der Waals surface area contributed by atoms with Gasteiger partial charge in [0.15, 0.2) is 0 Å². The molecule has 0 aliphatic carbocycles. The minimum absolute atomic E-state index is 0.0649. The molecular formula is C18H16N2O4. The number of fused-ring (bicyclic) bond motifs is 1. The molecule has 1 aromatic carbocycles. The van der Waals surface area contributed by atoms with Crippen molar-refractivity contribution in [3.63, 3.8) is 0 Å². The predicted octanol–water partition coefficient (Wildman–Crippen LogP) is 2.37. The van der Waals surface area contributed by atoms with Gasteiger partial charge in [-0.3, -0.25) is 9.20 Å². The lowest BCUT2D eigenvalue weighted by Crippen LogP contribution is -2.18. The number of aromatic nitrogens is 2. The van der Waals surface area contributed by atoms with E-state index >= 15 is 0 Å². The van der Waals surface area contributed by atoms with Gasteiger partial charge in [-0.25, -0.2) is 9.78 Å². The van der Waals surface area contributed by atoms with Crippen LogP contribution in [0, 0.1) is 6.92 Å². The Hall–Kier alpha value is -3.15. The van der Waals surface area contributed by atoms with E-state index in [1.807, 2.05) is 19.1 Å². The third kappa shape index (κ3) is 3.12. The van der Waals surface area contributed by atoms with Crippen molar-refractivity contribution in [1.82, 2.24) is 9.38 Å². The number of pyridine rings is 1. The molecule has 0 aliphatic rings. The number of carbonyl (C=O) groups excluding carboxylic acids is 1. The molecule has 3 aromatic rings. The maximum absolute atomic E-state index is 12.2. The summed E-state index contributed by atoms with van der Waals surface area (Å²) in [4.78, 5) is 28.6. The van der Waals surface area contributed by atoms with Gasteiger partial charge in [0.1, 0.15) is 18.0 Å². The molecule has 0 spiro atoms. The molecule has 24 heavy (non-hydrogen) atoms. The number of rotatable bonds is 4. The number of esters is 1. The predicted molar refractivity (Wildman–Crippen MR) is 88.3 cm³/mol. The molecule has 0 atom stereocenters. The van der Waals surface area contributed by atoms with E-state index in [-0.39, 0.29) is 12.2 Å². The summed E-state index contributed by atoms with van der Waals surface area (Å²) in [7, 11) is 1.55. The molecule has 2 heterocycles. The van der Waals surface area contributed by atoms with Crippen LogP contribution in [0.5, 0.6) is 5.75 Å². The van der Waals surface area contributed by atoms with E-state index in [1.165, 1.54) is 10.5 Å². The minimum atomic E-state index is -0.483. The zero-order chi connectivity index (χ0) is 17.1. The smallest absolute Gasteiger partial charge is 0.338 e. The van der Waals surface area contributed by atoms with Crippen LogP contribution in [0.2, 0.25) is 0 Å². The van der Waals surface area contributed by atoms with Crippen LogP contribution in [0.25, 0.3) is 5.65 Å². The van der Waals surface area contributed by atoms with Crippen molar-refractivity contribution in [2.75, 3.05) is 7.11 Å². The second-order valence-electron chi connectivity index (χ2n) is 5.25. The van der Waals surface area contributed by atoms with Gasteiger partial charge in [-0.15, -0.1) is 0 Å². The van der Waals surface area contributed by atoms with Crippen LogP contribution in [0.1, 0.15) is 21.7 Å². The fourth-order valence-electron chi connectivity index (χ4n) is 2.39. The molecule has 122 valence electrons. The second kappa shape index (κ2) is 6.54. The van der Waals surface area contributed by atoms with Gasteiger partial charge in [0.05, 0.1) is 18.4 Å². The zero-order valence-electron chi connectivity index (χ0n) is 13.4. The van der Waals surface area contributed by atoms with Crippen molar-refractivity contribution in [3.8, 4) is 5.75 Å². The van der Waals surface area contributed by atoms with Gasteiger partial charge >= 0.3 is 5.97 Å². The van der Waals surface area contributed by atoms with Crippen LogP contribution in [0.4, 0.5) is 0 Å². The number of nitrogens with zero attached hydrogens (tertiary/aromatic N) is 2. The molecule has 0 N–H and O–H groups in total. The first-order valence-corrected chi connectivity index (χ1v) is 7.38. The van der Waals surface area contributed by atoms with Gasteiger partial charge in [0, 0.05) is 11.8 Å². The van der Waals surface area contributed by atoms with Crippen molar-refractivity contribution in [3.05, 3.63) is 75.8 Å². The topological polar surface area (TPSA) is 69.9 Å². The third-order valence-electron chi connectivity index (χ3n) is 3.61. The summed E-state index contributed by atoms with van der Waals surface area (Å²) in [6, 6.07) is 13.4. The summed E-state index contributed by atoms with van der Waals surface area (Å²) in [6.45, 7) is 1.77. The maximum atomic E-state index is 12.2. The number of aryl methyl sites for hydroxylation is 1. The summed E-state index contributed by atoms with van der Waals surface area (Å²) >= 11 is 0. The van der Waals surface area contributed by atoms with Crippen LogP contribution in [-0.4, -0.2) is 22.5 Å². The molecule has 2 aromatic heterocycles. The highest BCUT2D eigenvalue weighted by molar-refractivity contribution is 5.89. The van der Waals surface area contributed by atoms with Crippen molar-refractivity contribution in [1.29, 1.82) is 0 Å². The second-order valence-corrected chi connectivity index (χ2v) is 5.25. The lowest BCUT2D eigenvalue weighted by molar-refractivity contribution is 0.0467. The Morgan fingerprint density at radius 1 is 1.17 bits per heavy atom. The molecule has 0 radical (unpaired) electrons. The molecule has 3 rings (SSSR count). The van der Waals surface area contributed by atoms with Crippen LogP contribution < -0.4 is 10.3 Å². The summed E-state index contributed by atoms with van der Waals surface area (Å²) in [6.07, 6.45) is 0. The fraction of sp³-hybridized carbons (Fsp3) is 0.167. The van der Waals surface area contributed by atoms with Gasteiger partial charge < -0.3 is 9.47 Å². The largest absolute Gasteiger partial charge is 0.497 e. The van der Waals surface area contributed by atoms with Gasteiger partial charge in [-0.05, 0) is 43.3 Å². The number of hydrogen-bond donors (Lipinski definition) is 0. The van der Waals surface area contributed by atoms with Gasteiger partial charge in [0.2, 0.25) is 0 Å². The van der Waals surface area contributed by atoms with Crippen LogP contribution in [0.3, 0.4) is 0 Å².